The number of rotatable bonds is 4. The second-order valence-corrected chi connectivity index (χ2v) is 6.47. The SMILES string of the molecule is NCC(O)(CN1CCC2CCCCC21)c1ccccc1. The molecule has 110 valence electrons. The fraction of sp³-hybridized carbons (Fsp3) is 0.647. The average Bonchev–Trinajstić information content (AvgIpc) is 2.91. The molecular formula is C17H26N2O. The lowest BCUT2D eigenvalue weighted by Gasteiger charge is -2.37. The summed E-state index contributed by atoms with van der Waals surface area (Å²) in [6.07, 6.45) is 6.67. The van der Waals surface area contributed by atoms with E-state index in [-0.39, 0.29) is 6.54 Å². The van der Waals surface area contributed by atoms with Crippen molar-refractivity contribution in [1.29, 1.82) is 0 Å². The van der Waals surface area contributed by atoms with E-state index < -0.39 is 5.60 Å². The molecule has 3 atom stereocenters. The van der Waals surface area contributed by atoms with E-state index in [1.54, 1.807) is 0 Å². The number of nitrogens with zero attached hydrogens (tertiary/aromatic N) is 1. The van der Waals surface area contributed by atoms with Gasteiger partial charge in [-0.1, -0.05) is 43.2 Å². The van der Waals surface area contributed by atoms with Crippen molar-refractivity contribution in [3.63, 3.8) is 0 Å². The molecule has 1 aromatic rings. The van der Waals surface area contributed by atoms with Gasteiger partial charge in [-0.15, -0.1) is 0 Å². The molecule has 20 heavy (non-hydrogen) atoms. The minimum absolute atomic E-state index is 0.283. The fourth-order valence-corrected chi connectivity index (χ4v) is 4.06. The van der Waals surface area contributed by atoms with Gasteiger partial charge in [0.05, 0.1) is 0 Å². The average molecular weight is 274 g/mol. The maximum Gasteiger partial charge on any atom is 0.114 e. The molecule has 3 nitrogen and oxygen atoms in total. The Labute approximate surface area is 121 Å². The Morgan fingerprint density at radius 1 is 1.15 bits per heavy atom. The summed E-state index contributed by atoms with van der Waals surface area (Å²) in [5.41, 5.74) is 5.95. The summed E-state index contributed by atoms with van der Waals surface area (Å²) in [6.45, 7) is 2.07. The number of aliphatic hydroxyl groups is 1. The van der Waals surface area contributed by atoms with Crippen molar-refractivity contribution in [2.24, 2.45) is 11.7 Å². The predicted molar refractivity (Wildman–Crippen MR) is 81.3 cm³/mol. The zero-order chi connectivity index (χ0) is 14.0. The number of hydrogen-bond donors (Lipinski definition) is 2. The molecule has 1 aromatic carbocycles. The highest BCUT2D eigenvalue weighted by molar-refractivity contribution is 5.23. The van der Waals surface area contributed by atoms with Crippen LogP contribution in [0.4, 0.5) is 0 Å². The van der Waals surface area contributed by atoms with Gasteiger partial charge in [0, 0.05) is 19.1 Å². The largest absolute Gasteiger partial charge is 0.382 e. The highest BCUT2D eigenvalue weighted by Crippen LogP contribution is 2.37. The van der Waals surface area contributed by atoms with Crippen molar-refractivity contribution in [3.8, 4) is 0 Å². The molecule has 3 heteroatoms. The van der Waals surface area contributed by atoms with Gasteiger partial charge in [0.1, 0.15) is 5.60 Å². The van der Waals surface area contributed by atoms with E-state index in [0.29, 0.717) is 12.6 Å². The van der Waals surface area contributed by atoms with Crippen molar-refractivity contribution in [3.05, 3.63) is 35.9 Å². The minimum Gasteiger partial charge on any atom is -0.382 e. The molecule has 1 saturated carbocycles. The van der Waals surface area contributed by atoms with Crippen LogP contribution in [0.15, 0.2) is 30.3 Å². The van der Waals surface area contributed by atoms with Gasteiger partial charge in [0.2, 0.25) is 0 Å². The number of fused-ring (bicyclic) bond motifs is 1. The third-order valence-corrected chi connectivity index (χ3v) is 5.24. The van der Waals surface area contributed by atoms with Crippen LogP contribution < -0.4 is 5.73 Å². The zero-order valence-corrected chi connectivity index (χ0v) is 12.2. The molecule has 1 aliphatic heterocycles. The molecule has 1 saturated heterocycles. The van der Waals surface area contributed by atoms with Crippen molar-refractivity contribution in [2.75, 3.05) is 19.6 Å². The van der Waals surface area contributed by atoms with Crippen molar-refractivity contribution < 1.29 is 5.11 Å². The lowest BCUT2D eigenvalue weighted by atomic mass is 9.84. The maximum absolute atomic E-state index is 11.0. The van der Waals surface area contributed by atoms with E-state index in [2.05, 4.69) is 4.90 Å². The third kappa shape index (κ3) is 2.62. The normalized spacial score (nSPS) is 29.9. The van der Waals surface area contributed by atoms with Crippen molar-refractivity contribution >= 4 is 0 Å². The van der Waals surface area contributed by atoms with Gasteiger partial charge in [-0.2, -0.15) is 0 Å². The summed E-state index contributed by atoms with van der Waals surface area (Å²) in [6, 6.07) is 10.6. The van der Waals surface area contributed by atoms with Gasteiger partial charge in [0.15, 0.2) is 0 Å². The third-order valence-electron chi connectivity index (χ3n) is 5.24. The number of benzene rings is 1. The lowest BCUT2D eigenvalue weighted by Crippen LogP contribution is -2.48. The Balaban J connectivity index is 1.75. The highest BCUT2D eigenvalue weighted by Gasteiger charge is 2.40. The quantitative estimate of drug-likeness (QED) is 0.884. The first kappa shape index (κ1) is 14.1. The summed E-state index contributed by atoms with van der Waals surface area (Å²) >= 11 is 0. The van der Waals surface area contributed by atoms with Crippen LogP contribution in [0.3, 0.4) is 0 Å². The predicted octanol–water partition coefficient (Wildman–Crippen LogP) is 2.10. The Morgan fingerprint density at radius 2 is 1.90 bits per heavy atom. The van der Waals surface area contributed by atoms with Gasteiger partial charge in [-0.05, 0) is 37.3 Å². The summed E-state index contributed by atoms with van der Waals surface area (Å²) in [5, 5.41) is 11.0. The van der Waals surface area contributed by atoms with E-state index in [0.717, 1.165) is 18.0 Å². The van der Waals surface area contributed by atoms with Crippen LogP contribution >= 0.6 is 0 Å². The van der Waals surface area contributed by atoms with Crippen molar-refractivity contribution in [2.45, 2.75) is 43.7 Å². The Kier molecular flexibility index (Phi) is 4.11. The Hall–Kier alpha value is -0.900. The van der Waals surface area contributed by atoms with E-state index >= 15 is 0 Å². The van der Waals surface area contributed by atoms with E-state index in [4.69, 9.17) is 5.73 Å². The van der Waals surface area contributed by atoms with Gasteiger partial charge in [-0.3, -0.25) is 4.90 Å². The highest BCUT2D eigenvalue weighted by atomic mass is 16.3. The molecule has 0 bridgehead atoms. The standard InChI is InChI=1S/C17H26N2O/c18-12-17(20,15-7-2-1-3-8-15)13-19-11-10-14-6-4-5-9-16(14)19/h1-3,7-8,14,16,20H,4-6,9-13,18H2. The first-order chi connectivity index (χ1) is 9.73. The molecule has 0 spiro atoms. The van der Waals surface area contributed by atoms with E-state index in [1.165, 1.54) is 32.1 Å². The maximum atomic E-state index is 11.0. The summed E-state index contributed by atoms with van der Waals surface area (Å²) in [5.74, 6) is 0.849. The molecule has 2 fully saturated rings. The van der Waals surface area contributed by atoms with Crippen LogP contribution in [0, 0.1) is 5.92 Å². The van der Waals surface area contributed by atoms with Crippen LogP contribution in [0.1, 0.15) is 37.7 Å². The zero-order valence-electron chi connectivity index (χ0n) is 12.2. The Morgan fingerprint density at radius 3 is 2.65 bits per heavy atom. The molecule has 2 aliphatic rings. The Bertz CT molecular complexity index is 436. The van der Waals surface area contributed by atoms with Crippen LogP contribution in [0.5, 0.6) is 0 Å². The number of hydrogen-bond acceptors (Lipinski definition) is 3. The van der Waals surface area contributed by atoms with Gasteiger partial charge in [0.25, 0.3) is 0 Å². The molecular weight excluding hydrogens is 248 g/mol. The molecule has 1 heterocycles. The smallest absolute Gasteiger partial charge is 0.114 e. The minimum atomic E-state index is -0.909. The summed E-state index contributed by atoms with van der Waals surface area (Å²) in [4.78, 5) is 2.49. The molecule has 0 aromatic heterocycles. The monoisotopic (exact) mass is 274 g/mol. The van der Waals surface area contributed by atoms with Gasteiger partial charge in [-0.25, -0.2) is 0 Å². The first-order valence-corrected chi connectivity index (χ1v) is 7.95. The van der Waals surface area contributed by atoms with Gasteiger partial charge >= 0.3 is 0 Å². The molecule has 3 N–H and O–H groups in total. The fourth-order valence-electron chi connectivity index (χ4n) is 4.06. The molecule has 1 aliphatic carbocycles. The number of nitrogens with two attached hydrogens (primary N) is 1. The topological polar surface area (TPSA) is 49.5 Å². The van der Waals surface area contributed by atoms with E-state index in [1.807, 2.05) is 30.3 Å². The van der Waals surface area contributed by atoms with Crippen LogP contribution in [0.2, 0.25) is 0 Å². The molecule has 3 rings (SSSR count). The number of likely N-dealkylation sites (tertiary alicyclic amines) is 1. The van der Waals surface area contributed by atoms with Crippen LogP contribution in [0.25, 0.3) is 0 Å². The van der Waals surface area contributed by atoms with Crippen molar-refractivity contribution in [1.82, 2.24) is 4.90 Å². The van der Waals surface area contributed by atoms with Crippen LogP contribution in [-0.4, -0.2) is 35.7 Å². The summed E-state index contributed by atoms with van der Waals surface area (Å²) in [7, 11) is 0. The molecule has 0 amide bonds. The van der Waals surface area contributed by atoms with Gasteiger partial charge < -0.3 is 10.8 Å². The van der Waals surface area contributed by atoms with Crippen LogP contribution in [-0.2, 0) is 5.60 Å². The first-order valence-electron chi connectivity index (χ1n) is 7.95. The number of β-amino-alcohol motifs (C(OH)–C–C–N with tert-alkyl or cyclic N) is 1. The summed E-state index contributed by atoms with van der Waals surface area (Å²) < 4.78 is 0. The lowest BCUT2D eigenvalue weighted by molar-refractivity contribution is -0.00283. The molecule has 0 radical (unpaired) electrons. The molecule has 3 unspecified atom stereocenters. The second kappa shape index (κ2) is 5.84. The second-order valence-electron chi connectivity index (χ2n) is 6.47. The van der Waals surface area contributed by atoms with E-state index in [9.17, 15) is 5.11 Å².